The predicted molar refractivity (Wildman–Crippen MR) is 106 cm³/mol. The molecule has 0 saturated heterocycles. The molecule has 6 nitrogen and oxygen atoms in total. The van der Waals surface area contributed by atoms with E-state index in [4.69, 9.17) is 11.7 Å². The van der Waals surface area contributed by atoms with Gasteiger partial charge in [0.1, 0.15) is 5.82 Å². The zero-order valence-corrected chi connectivity index (χ0v) is 16.5. The summed E-state index contributed by atoms with van der Waals surface area (Å²) in [5.41, 5.74) is -4.73. The van der Waals surface area contributed by atoms with Gasteiger partial charge in [-0.3, -0.25) is 9.48 Å². The van der Waals surface area contributed by atoms with Gasteiger partial charge in [0.15, 0.2) is 0 Å². The highest BCUT2D eigenvalue weighted by Crippen LogP contribution is 2.33. The van der Waals surface area contributed by atoms with Gasteiger partial charge in [0, 0.05) is 11.9 Å². The van der Waals surface area contributed by atoms with E-state index in [1.807, 2.05) is 5.92 Å². The number of carbonyl (C=O) groups excluding carboxylic acids is 1. The number of anilines is 1. The number of aromatic nitrogens is 2. The van der Waals surface area contributed by atoms with Gasteiger partial charge in [0.2, 0.25) is 11.5 Å². The zero-order chi connectivity index (χ0) is 24.4. The summed E-state index contributed by atoms with van der Waals surface area (Å²) >= 11 is 0. The average molecular weight is 460 g/mol. The van der Waals surface area contributed by atoms with E-state index in [9.17, 15) is 31.9 Å². The summed E-state index contributed by atoms with van der Waals surface area (Å²) in [5.74, 6) is -0.973. The maximum absolute atomic E-state index is 14.3. The summed E-state index contributed by atoms with van der Waals surface area (Å²) in [6.45, 7) is -0.740. The van der Waals surface area contributed by atoms with Gasteiger partial charge >= 0.3 is 6.18 Å². The molecule has 0 bridgehead atoms. The Bertz CT molecular complexity index is 1290. The minimum atomic E-state index is -4.86. The van der Waals surface area contributed by atoms with Gasteiger partial charge in [-0.1, -0.05) is 18.1 Å². The molecule has 2 aromatic carbocycles. The smallest absolute Gasteiger partial charge is 0.368 e. The Morgan fingerprint density at radius 1 is 1.18 bits per heavy atom. The first kappa shape index (κ1) is 23.4. The number of amides is 1. The molecule has 3 aromatic rings. The number of halogens is 5. The molecule has 1 heterocycles. The second-order valence-electron chi connectivity index (χ2n) is 6.87. The highest BCUT2D eigenvalue weighted by Gasteiger charge is 2.37. The predicted octanol–water partition coefficient (Wildman–Crippen LogP) is 3.72. The van der Waals surface area contributed by atoms with Gasteiger partial charge in [-0.15, -0.1) is 11.5 Å². The van der Waals surface area contributed by atoms with E-state index in [0.717, 1.165) is 35.1 Å². The van der Waals surface area contributed by atoms with Crippen molar-refractivity contribution in [2.24, 2.45) is 0 Å². The van der Waals surface area contributed by atoms with E-state index >= 15 is 0 Å². The molecule has 0 aliphatic heterocycles. The van der Waals surface area contributed by atoms with E-state index in [1.54, 1.807) is 0 Å². The quantitative estimate of drug-likeness (QED) is 0.449. The molecular formula is C22H13F5N4O2. The molecule has 0 radical (unpaired) electrons. The van der Waals surface area contributed by atoms with Crippen LogP contribution in [0.2, 0.25) is 0 Å². The Labute approximate surface area is 183 Å². The fraction of sp³-hybridized carbons (Fsp3) is 0.136. The van der Waals surface area contributed by atoms with E-state index in [1.165, 1.54) is 18.2 Å². The number of rotatable bonds is 5. The number of hydrogen-bond acceptors (Lipinski definition) is 4. The molecule has 168 valence electrons. The van der Waals surface area contributed by atoms with Gasteiger partial charge in [0.25, 0.3) is 5.91 Å². The first-order chi connectivity index (χ1) is 15.5. The molecule has 1 amide bonds. The van der Waals surface area contributed by atoms with Crippen molar-refractivity contribution in [1.82, 2.24) is 9.78 Å². The van der Waals surface area contributed by atoms with Crippen molar-refractivity contribution in [2.75, 3.05) is 5.32 Å². The number of terminal acetylenes is 1. The Kier molecular flexibility index (Phi) is 6.20. The summed E-state index contributed by atoms with van der Waals surface area (Å²) in [5, 5.41) is 25.0. The first-order valence-corrected chi connectivity index (χ1v) is 9.08. The molecule has 1 atom stereocenters. The minimum absolute atomic E-state index is 0.0586. The van der Waals surface area contributed by atoms with Gasteiger partial charge < -0.3 is 10.4 Å². The number of nitriles is 1. The minimum Gasteiger partial charge on any atom is -0.368 e. The topological polar surface area (TPSA) is 90.9 Å². The highest BCUT2D eigenvalue weighted by atomic mass is 19.4. The normalized spacial score (nSPS) is 13.0. The van der Waals surface area contributed by atoms with E-state index < -0.39 is 47.1 Å². The van der Waals surface area contributed by atoms with E-state index in [0.29, 0.717) is 6.07 Å². The first-order valence-electron chi connectivity index (χ1n) is 9.08. The van der Waals surface area contributed by atoms with Crippen LogP contribution in [0, 0.1) is 35.4 Å². The monoisotopic (exact) mass is 460 g/mol. The van der Waals surface area contributed by atoms with Gasteiger partial charge in [-0.25, -0.2) is 4.39 Å². The van der Waals surface area contributed by atoms with Crippen molar-refractivity contribution < 1.29 is 31.9 Å². The molecule has 1 unspecified atom stereocenters. The Balaban J connectivity index is 1.85. The fourth-order valence-electron chi connectivity index (χ4n) is 2.91. The van der Waals surface area contributed by atoms with Crippen LogP contribution in [-0.4, -0.2) is 26.4 Å². The molecule has 0 aliphatic carbocycles. The van der Waals surface area contributed by atoms with Gasteiger partial charge in [-0.2, -0.15) is 22.8 Å². The number of hydrogen-bond donors (Lipinski definition) is 2. The lowest BCUT2D eigenvalue weighted by atomic mass is 10.0. The summed E-state index contributed by atoms with van der Waals surface area (Å²) in [6.07, 6.45) is 1.53. The maximum Gasteiger partial charge on any atom is 0.417 e. The lowest BCUT2D eigenvalue weighted by molar-refractivity contribution is -0.137. The summed E-state index contributed by atoms with van der Waals surface area (Å²) in [6, 6.07) is 8.59. The van der Waals surface area contributed by atoms with Crippen molar-refractivity contribution in [2.45, 2.75) is 18.3 Å². The zero-order valence-electron chi connectivity index (χ0n) is 16.5. The Morgan fingerprint density at radius 2 is 1.85 bits per heavy atom. The number of alkyl halides is 3. The molecule has 33 heavy (non-hydrogen) atoms. The van der Waals surface area contributed by atoms with Crippen molar-refractivity contribution >= 4 is 11.6 Å². The summed E-state index contributed by atoms with van der Waals surface area (Å²) in [4.78, 5) is 12.6. The second-order valence-corrected chi connectivity index (χ2v) is 6.87. The van der Waals surface area contributed by atoms with Crippen LogP contribution < -0.4 is 5.32 Å². The molecule has 2 N–H and O–H groups in total. The number of benzene rings is 2. The van der Waals surface area contributed by atoms with Crippen LogP contribution in [0.1, 0.15) is 11.1 Å². The van der Waals surface area contributed by atoms with Crippen molar-refractivity contribution in [3.63, 3.8) is 0 Å². The molecule has 11 heteroatoms. The fourth-order valence-corrected chi connectivity index (χ4v) is 2.91. The molecule has 0 saturated carbocycles. The van der Waals surface area contributed by atoms with Crippen LogP contribution in [0.15, 0.2) is 48.7 Å². The molecule has 0 aliphatic rings. The molecular weight excluding hydrogens is 447 g/mol. The largest absolute Gasteiger partial charge is 0.417 e. The highest BCUT2D eigenvalue weighted by molar-refractivity contribution is 5.99. The molecule has 1 aromatic heterocycles. The van der Waals surface area contributed by atoms with Crippen molar-refractivity contribution in [1.29, 1.82) is 5.26 Å². The molecule has 3 rings (SSSR count). The van der Waals surface area contributed by atoms with E-state index in [-0.39, 0.29) is 16.8 Å². The third kappa shape index (κ3) is 5.00. The van der Waals surface area contributed by atoms with Gasteiger partial charge in [-0.05, 0) is 35.9 Å². The van der Waals surface area contributed by atoms with Crippen molar-refractivity contribution in [3.05, 3.63) is 71.6 Å². The molecule has 0 fully saturated rings. The van der Waals surface area contributed by atoms with Crippen LogP contribution in [0.3, 0.4) is 0 Å². The number of aliphatic hydroxyl groups is 1. The third-order valence-electron chi connectivity index (χ3n) is 4.58. The second kappa shape index (κ2) is 8.73. The Morgan fingerprint density at radius 3 is 2.42 bits per heavy atom. The average Bonchev–Trinajstić information content (AvgIpc) is 3.13. The SMILES string of the molecule is C#CC(O)(Cn1cc(-c2ccc(F)cc2)c(F)n1)C(=O)Nc1ccc(C#N)c(C(F)(F)F)c1. The van der Waals surface area contributed by atoms with Crippen LogP contribution >= 0.6 is 0 Å². The standard InChI is InChI=1S/C22H13F5N4O2/c1-2-21(33,12-31-11-17(19(24)30-31)13-3-6-15(23)7-4-13)20(32)29-16-8-5-14(10-28)18(9-16)22(25,26)27/h1,3-9,11,33H,12H2,(H,29,32). The Hall–Kier alpha value is -4.22. The van der Waals surface area contributed by atoms with Crippen LogP contribution in [0.5, 0.6) is 0 Å². The lowest BCUT2D eigenvalue weighted by Crippen LogP contribution is -2.45. The van der Waals surface area contributed by atoms with E-state index in [2.05, 4.69) is 10.4 Å². The van der Waals surface area contributed by atoms with Gasteiger partial charge in [0.05, 0.1) is 29.3 Å². The summed E-state index contributed by atoms with van der Waals surface area (Å²) < 4.78 is 67.6. The van der Waals surface area contributed by atoms with Crippen LogP contribution in [0.4, 0.5) is 27.6 Å². The number of carbonyl (C=O) groups is 1. The molecule has 0 spiro atoms. The van der Waals surface area contributed by atoms with Crippen LogP contribution in [0.25, 0.3) is 11.1 Å². The van der Waals surface area contributed by atoms with Crippen molar-refractivity contribution in [3.8, 4) is 29.5 Å². The third-order valence-corrected chi connectivity index (χ3v) is 4.58. The lowest BCUT2D eigenvalue weighted by Gasteiger charge is -2.21. The number of nitrogens with zero attached hydrogens (tertiary/aromatic N) is 3. The maximum atomic E-state index is 14.3. The number of nitrogens with one attached hydrogen (secondary N) is 1. The summed E-state index contributed by atoms with van der Waals surface area (Å²) in [7, 11) is 0. The van der Waals surface area contributed by atoms with Crippen LogP contribution in [-0.2, 0) is 17.5 Å².